The summed E-state index contributed by atoms with van der Waals surface area (Å²) in [6, 6.07) is 0. The molecule has 0 heterocycles. The summed E-state index contributed by atoms with van der Waals surface area (Å²) in [6.07, 6.45) is 3.28. The number of rotatable bonds is 3. The van der Waals surface area contributed by atoms with Crippen molar-refractivity contribution in [2.75, 3.05) is 6.67 Å². The van der Waals surface area contributed by atoms with E-state index in [0.29, 0.717) is 6.42 Å². The molecule has 1 heteroatoms. The topological polar surface area (TPSA) is 0 Å². The first-order chi connectivity index (χ1) is 3.81. The van der Waals surface area contributed by atoms with Gasteiger partial charge < -0.3 is 0 Å². The Balaban J connectivity index is 3.29. The molecule has 0 saturated carbocycles. The molecule has 1 radical (unpaired) electrons. The van der Waals surface area contributed by atoms with Crippen LogP contribution in [0.2, 0.25) is 0 Å². The molecule has 0 aromatic carbocycles. The molecule has 47 valence electrons. The third-order valence-electron chi connectivity index (χ3n) is 0.982. The van der Waals surface area contributed by atoms with Crippen LogP contribution < -0.4 is 0 Å². The fourth-order valence-electron chi connectivity index (χ4n) is 0.498. The van der Waals surface area contributed by atoms with Crippen LogP contribution in [-0.2, 0) is 0 Å². The van der Waals surface area contributed by atoms with Gasteiger partial charge in [-0.2, -0.15) is 0 Å². The SMILES string of the molecule is [CH2]C/C=C(\C)CCF. The van der Waals surface area contributed by atoms with Crippen molar-refractivity contribution in [1.82, 2.24) is 0 Å². The lowest BCUT2D eigenvalue weighted by Crippen LogP contribution is -1.77. The molecule has 0 bridgehead atoms. The van der Waals surface area contributed by atoms with Crippen LogP contribution in [-0.4, -0.2) is 6.67 Å². The van der Waals surface area contributed by atoms with Crippen LogP contribution in [0.25, 0.3) is 0 Å². The minimum Gasteiger partial charge on any atom is -0.251 e. The lowest BCUT2D eigenvalue weighted by Gasteiger charge is -1.91. The van der Waals surface area contributed by atoms with Crippen molar-refractivity contribution in [3.63, 3.8) is 0 Å². The van der Waals surface area contributed by atoms with E-state index in [0.717, 1.165) is 12.0 Å². The summed E-state index contributed by atoms with van der Waals surface area (Å²) in [6.45, 7) is 5.28. The Bertz CT molecular complexity index is 74.5. The molecule has 0 aromatic heterocycles. The van der Waals surface area contributed by atoms with E-state index in [9.17, 15) is 4.39 Å². The van der Waals surface area contributed by atoms with Gasteiger partial charge in [-0.3, -0.25) is 4.39 Å². The third-order valence-corrected chi connectivity index (χ3v) is 0.982. The summed E-state index contributed by atoms with van der Waals surface area (Å²) in [5.74, 6) is 0. The van der Waals surface area contributed by atoms with Gasteiger partial charge in [-0.15, -0.1) is 0 Å². The largest absolute Gasteiger partial charge is 0.251 e. The zero-order valence-electron chi connectivity index (χ0n) is 5.28. The van der Waals surface area contributed by atoms with Gasteiger partial charge in [0.15, 0.2) is 0 Å². The average Bonchev–Trinajstić information content (AvgIpc) is 1.68. The Morgan fingerprint density at radius 3 is 2.75 bits per heavy atom. The van der Waals surface area contributed by atoms with Crippen molar-refractivity contribution in [2.24, 2.45) is 0 Å². The van der Waals surface area contributed by atoms with E-state index >= 15 is 0 Å². The Kier molecular flexibility index (Phi) is 4.62. The van der Waals surface area contributed by atoms with Crippen LogP contribution in [0.1, 0.15) is 19.8 Å². The highest BCUT2D eigenvalue weighted by molar-refractivity contribution is 4.97. The highest BCUT2D eigenvalue weighted by Gasteiger charge is 1.84. The molecule has 0 spiro atoms. The molecule has 0 amide bonds. The highest BCUT2D eigenvalue weighted by atomic mass is 19.1. The number of alkyl halides is 1. The molecular formula is C7H12F. The van der Waals surface area contributed by atoms with Gasteiger partial charge in [0.25, 0.3) is 0 Å². The second kappa shape index (κ2) is 4.82. The maximum Gasteiger partial charge on any atom is 0.0931 e. The number of hydrogen-bond donors (Lipinski definition) is 0. The fraction of sp³-hybridized carbons (Fsp3) is 0.571. The minimum atomic E-state index is -0.248. The fourth-order valence-corrected chi connectivity index (χ4v) is 0.498. The van der Waals surface area contributed by atoms with Crippen LogP contribution in [0.5, 0.6) is 0 Å². The molecule has 0 atom stereocenters. The second-order valence-corrected chi connectivity index (χ2v) is 1.78. The molecule has 0 rings (SSSR count). The van der Waals surface area contributed by atoms with Crippen molar-refractivity contribution in [3.8, 4) is 0 Å². The molecule has 8 heavy (non-hydrogen) atoms. The van der Waals surface area contributed by atoms with Gasteiger partial charge in [0.05, 0.1) is 6.67 Å². The zero-order chi connectivity index (χ0) is 6.41. The van der Waals surface area contributed by atoms with Crippen LogP contribution in [0.3, 0.4) is 0 Å². The summed E-state index contributed by atoms with van der Waals surface area (Å²) in [5.41, 5.74) is 1.10. The lowest BCUT2D eigenvalue weighted by atomic mass is 10.2. The van der Waals surface area contributed by atoms with Crippen molar-refractivity contribution in [1.29, 1.82) is 0 Å². The Morgan fingerprint density at radius 1 is 1.75 bits per heavy atom. The zero-order valence-corrected chi connectivity index (χ0v) is 5.28. The Labute approximate surface area is 50.4 Å². The molecule has 0 aliphatic carbocycles. The van der Waals surface area contributed by atoms with Crippen LogP contribution in [0.15, 0.2) is 11.6 Å². The van der Waals surface area contributed by atoms with E-state index in [1.807, 2.05) is 13.0 Å². The molecular weight excluding hydrogens is 103 g/mol. The Hall–Kier alpha value is -0.330. The van der Waals surface area contributed by atoms with E-state index in [1.165, 1.54) is 0 Å². The lowest BCUT2D eigenvalue weighted by molar-refractivity contribution is 0.494. The van der Waals surface area contributed by atoms with Crippen LogP contribution >= 0.6 is 0 Å². The first-order valence-corrected chi connectivity index (χ1v) is 2.82. The quantitative estimate of drug-likeness (QED) is 0.496. The van der Waals surface area contributed by atoms with E-state index in [4.69, 9.17) is 0 Å². The summed E-state index contributed by atoms with van der Waals surface area (Å²) in [5, 5.41) is 0. The van der Waals surface area contributed by atoms with Gasteiger partial charge in [-0.05, 0) is 26.7 Å². The van der Waals surface area contributed by atoms with Crippen LogP contribution in [0, 0.1) is 6.92 Å². The van der Waals surface area contributed by atoms with Crippen molar-refractivity contribution in [3.05, 3.63) is 18.6 Å². The van der Waals surface area contributed by atoms with Gasteiger partial charge in [0, 0.05) is 0 Å². The predicted molar refractivity (Wildman–Crippen MR) is 34.3 cm³/mol. The maximum atomic E-state index is 11.5. The van der Waals surface area contributed by atoms with Gasteiger partial charge in [-0.25, -0.2) is 0 Å². The Morgan fingerprint density at radius 2 is 2.38 bits per heavy atom. The summed E-state index contributed by atoms with van der Waals surface area (Å²) < 4.78 is 11.5. The highest BCUT2D eigenvalue weighted by Crippen LogP contribution is 1.99. The molecule has 0 fully saturated rings. The van der Waals surface area contributed by atoms with E-state index < -0.39 is 0 Å². The van der Waals surface area contributed by atoms with Gasteiger partial charge in [0.1, 0.15) is 0 Å². The van der Waals surface area contributed by atoms with Crippen LogP contribution in [0.4, 0.5) is 4.39 Å². The van der Waals surface area contributed by atoms with Gasteiger partial charge in [-0.1, -0.05) is 11.6 Å². The summed E-state index contributed by atoms with van der Waals surface area (Å²) >= 11 is 0. The number of hydrogen-bond acceptors (Lipinski definition) is 0. The predicted octanol–water partition coefficient (Wildman–Crippen LogP) is 2.52. The monoisotopic (exact) mass is 115 g/mol. The van der Waals surface area contributed by atoms with Gasteiger partial charge >= 0.3 is 0 Å². The van der Waals surface area contributed by atoms with E-state index in [2.05, 4.69) is 6.92 Å². The van der Waals surface area contributed by atoms with E-state index in [-0.39, 0.29) is 6.67 Å². The second-order valence-electron chi connectivity index (χ2n) is 1.78. The summed E-state index contributed by atoms with van der Waals surface area (Å²) in [4.78, 5) is 0. The standard InChI is InChI=1S/C7H12F/c1-3-4-7(2)5-6-8/h4H,1,3,5-6H2,2H3/b7-4+. The maximum absolute atomic E-state index is 11.5. The smallest absolute Gasteiger partial charge is 0.0931 e. The first-order valence-electron chi connectivity index (χ1n) is 2.82. The average molecular weight is 115 g/mol. The number of halogens is 1. The number of allylic oxidation sites excluding steroid dienone is 2. The normalized spacial score (nSPS) is 12.1. The molecule has 0 aliphatic rings. The van der Waals surface area contributed by atoms with Crippen molar-refractivity contribution < 1.29 is 4.39 Å². The molecule has 0 aromatic rings. The third kappa shape index (κ3) is 3.85. The summed E-state index contributed by atoms with van der Waals surface area (Å²) in [7, 11) is 0. The molecule has 0 N–H and O–H groups in total. The first kappa shape index (κ1) is 7.67. The molecule has 0 nitrogen and oxygen atoms in total. The molecule has 0 aliphatic heterocycles. The van der Waals surface area contributed by atoms with Crippen molar-refractivity contribution in [2.45, 2.75) is 19.8 Å². The molecule has 0 unspecified atom stereocenters. The van der Waals surface area contributed by atoms with Gasteiger partial charge in [0.2, 0.25) is 0 Å². The van der Waals surface area contributed by atoms with E-state index in [1.54, 1.807) is 0 Å². The van der Waals surface area contributed by atoms with Crippen molar-refractivity contribution >= 4 is 0 Å². The minimum absolute atomic E-state index is 0.248. The molecule has 0 saturated heterocycles.